The van der Waals surface area contributed by atoms with E-state index < -0.39 is 5.82 Å². The molecule has 3 aromatic rings. The molecule has 9 heteroatoms. The number of anilines is 2. The van der Waals surface area contributed by atoms with Gasteiger partial charge in [-0.1, -0.05) is 6.07 Å². The number of likely N-dealkylation sites (N-methyl/N-ethyl adjacent to an activating group) is 1. The van der Waals surface area contributed by atoms with Gasteiger partial charge in [-0.05, 0) is 44.8 Å². The molecule has 0 unspecified atom stereocenters. The fraction of sp³-hybridized carbons (Fsp3) is 0.333. The predicted octanol–water partition coefficient (Wildman–Crippen LogP) is 3.53. The summed E-state index contributed by atoms with van der Waals surface area (Å²) in [5, 5.41) is 9.36. The summed E-state index contributed by atoms with van der Waals surface area (Å²) in [6.45, 7) is 3.18. The van der Waals surface area contributed by atoms with Gasteiger partial charge in [-0.25, -0.2) is 4.39 Å². The van der Waals surface area contributed by atoms with Crippen LogP contribution in [-0.2, 0) is 6.42 Å². The third-order valence-corrected chi connectivity index (χ3v) is 5.27. The predicted molar refractivity (Wildman–Crippen MR) is 127 cm³/mol. The van der Waals surface area contributed by atoms with Gasteiger partial charge in [0.25, 0.3) is 0 Å². The van der Waals surface area contributed by atoms with E-state index in [1.54, 1.807) is 37.7 Å². The lowest BCUT2D eigenvalue weighted by molar-refractivity contribution is 0.112. The number of halogens is 1. The summed E-state index contributed by atoms with van der Waals surface area (Å²) >= 11 is 0. The van der Waals surface area contributed by atoms with Crippen molar-refractivity contribution in [2.75, 3.05) is 46.2 Å². The highest BCUT2D eigenvalue weighted by Gasteiger charge is 2.22. The summed E-state index contributed by atoms with van der Waals surface area (Å²) in [6.07, 6.45) is 6.01. The summed E-state index contributed by atoms with van der Waals surface area (Å²) in [4.78, 5) is 19.4. The number of H-pyrrole nitrogens is 1. The van der Waals surface area contributed by atoms with E-state index in [1.807, 2.05) is 7.05 Å². The van der Waals surface area contributed by atoms with E-state index in [9.17, 15) is 9.18 Å². The van der Waals surface area contributed by atoms with Crippen molar-refractivity contribution in [3.8, 4) is 22.8 Å². The number of hydrogen-bond donors (Lipinski definition) is 4. The Morgan fingerprint density at radius 3 is 2.58 bits per heavy atom. The molecular weight excluding hydrogens is 425 g/mol. The number of nitrogens with one attached hydrogen (secondary N) is 4. The molecule has 0 radical (unpaired) electrons. The lowest BCUT2D eigenvalue weighted by Gasteiger charge is -2.14. The van der Waals surface area contributed by atoms with E-state index in [0.717, 1.165) is 17.5 Å². The Labute approximate surface area is 192 Å². The van der Waals surface area contributed by atoms with Crippen LogP contribution in [0.25, 0.3) is 11.3 Å². The first-order valence-electron chi connectivity index (χ1n) is 10.8. The number of pyridine rings is 1. The minimum atomic E-state index is -0.501. The molecular formula is C24H30FN5O3. The van der Waals surface area contributed by atoms with Crippen LogP contribution in [0.3, 0.4) is 0 Å². The molecule has 0 aliphatic carbocycles. The number of nitrogens with zero attached hydrogens (tertiary/aromatic N) is 1. The van der Waals surface area contributed by atoms with Crippen LogP contribution in [-0.4, -0.2) is 57.2 Å². The lowest BCUT2D eigenvalue weighted by atomic mass is 10.1. The SMILES string of the molecule is C1CNC1.CNCCc1[nH]c(-c2ccncc2OC)c(Nc2cccc(F)c2OC)c1C=O. The van der Waals surface area contributed by atoms with E-state index in [4.69, 9.17) is 9.47 Å². The molecule has 1 aromatic carbocycles. The number of ether oxygens (including phenoxy) is 2. The molecule has 1 aliphatic rings. The number of hydrogen-bond acceptors (Lipinski definition) is 7. The molecule has 1 aliphatic heterocycles. The number of aldehydes is 1. The molecule has 176 valence electrons. The number of carbonyl (C=O) groups excluding carboxylic acids is 1. The Morgan fingerprint density at radius 2 is 1.97 bits per heavy atom. The number of rotatable bonds is 9. The first-order chi connectivity index (χ1) is 16.1. The van der Waals surface area contributed by atoms with Crippen molar-refractivity contribution in [2.24, 2.45) is 0 Å². The van der Waals surface area contributed by atoms with E-state index in [2.05, 4.69) is 25.9 Å². The molecule has 1 saturated heterocycles. The highest BCUT2D eigenvalue weighted by Crippen LogP contribution is 2.40. The van der Waals surface area contributed by atoms with Crippen molar-refractivity contribution in [3.05, 3.63) is 53.7 Å². The van der Waals surface area contributed by atoms with Crippen LogP contribution in [0.4, 0.5) is 15.8 Å². The summed E-state index contributed by atoms with van der Waals surface area (Å²) in [7, 11) is 4.79. The van der Waals surface area contributed by atoms with Gasteiger partial charge in [0.2, 0.25) is 0 Å². The van der Waals surface area contributed by atoms with Crippen LogP contribution in [0.1, 0.15) is 22.5 Å². The summed E-state index contributed by atoms with van der Waals surface area (Å²) in [6, 6.07) is 6.36. The molecule has 0 amide bonds. The van der Waals surface area contributed by atoms with Crippen molar-refractivity contribution in [2.45, 2.75) is 12.8 Å². The fourth-order valence-corrected chi connectivity index (χ4v) is 3.35. The Morgan fingerprint density at radius 1 is 1.21 bits per heavy atom. The van der Waals surface area contributed by atoms with Crippen molar-refractivity contribution >= 4 is 17.7 Å². The van der Waals surface area contributed by atoms with Gasteiger partial charge in [0, 0.05) is 30.4 Å². The number of methoxy groups -OCH3 is 2. The molecule has 0 spiro atoms. The van der Waals surface area contributed by atoms with Gasteiger partial charge in [-0.3, -0.25) is 9.78 Å². The van der Waals surface area contributed by atoms with E-state index in [1.165, 1.54) is 32.7 Å². The van der Waals surface area contributed by atoms with Gasteiger partial charge in [-0.15, -0.1) is 0 Å². The topological polar surface area (TPSA) is 100 Å². The van der Waals surface area contributed by atoms with Crippen LogP contribution in [0.15, 0.2) is 36.7 Å². The number of para-hydroxylation sites is 1. The fourth-order valence-electron chi connectivity index (χ4n) is 3.35. The number of carbonyl (C=O) groups is 1. The zero-order valence-corrected chi connectivity index (χ0v) is 19.1. The second-order valence-electron chi connectivity index (χ2n) is 7.36. The quantitative estimate of drug-likeness (QED) is 0.366. The minimum Gasteiger partial charge on any atom is -0.494 e. The maximum atomic E-state index is 14.2. The minimum absolute atomic E-state index is 0.0648. The van der Waals surface area contributed by atoms with E-state index in [0.29, 0.717) is 41.3 Å². The molecule has 2 aromatic heterocycles. The lowest BCUT2D eigenvalue weighted by Crippen LogP contribution is -2.29. The van der Waals surface area contributed by atoms with Crippen molar-refractivity contribution in [1.29, 1.82) is 0 Å². The number of benzene rings is 1. The molecule has 3 heterocycles. The molecule has 0 saturated carbocycles. The second kappa shape index (κ2) is 12.0. The molecule has 4 rings (SSSR count). The van der Waals surface area contributed by atoms with Crippen molar-refractivity contribution in [3.63, 3.8) is 0 Å². The maximum absolute atomic E-state index is 14.2. The Bertz CT molecular complexity index is 1060. The van der Waals surface area contributed by atoms with Crippen LogP contribution >= 0.6 is 0 Å². The zero-order valence-electron chi connectivity index (χ0n) is 19.1. The highest BCUT2D eigenvalue weighted by molar-refractivity contribution is 5.96. The summed E-state index contributed by atoms with van der Waals surface area (Å²) in [5.74, 6) is 0.106. The van der Waals surface area contributed by atoms with Crippen LogP contribution in [0, 0.1) is 5.82 Å². The average Bonchev–Trinajstić information content (AvgIpc) is 3.13. The summed E-state index contributed by atoms with van der Waals surface area (Å²) < 4.78 is 24.8. The van der Waals surface area contributed by atoms with Gasteiger partial charge in [0.15, 0.2) is 17.9 Å². The maximum Gasteiger partial charge on any atom is 0.177 e. The average molecular weight is 456 g/mol. The third-order valence-electron chi connectivity index (χ3n) is 5.27. The van der Waals surface area contributed by atoms with Crippen LogP contribution < -0.4 is 25.4 Å². The second-order valence-corrected chi connectivity index (χ2v) is 7.36. The van der Waals surface area contributed by atoms with Gasteiger partial charge < -0.3 is 30.4 Å². The number of aromatic nitrogens is 2. The molecule has 8 nitrogen and oxygen atoms in total. The Hall–Kier alpha value is -3.43. The van der Waals surface area contributed by atoms with E-state index >= 15 is 0 Å². The number of aromatic amines is 1. The molecule has 4 N–H and O–H groups in total. The molecule has 0 atom stereocenters. The van der Waals surface area contributed by atoms with Gasteiger partial charge in [-0.2, -0.15) is 0 Å². The summed E-state index contributed by atoms with van der Waals surface area (Å²) in [5.41, 5.74) is 3.49. The largest absolute Gasteiger partial charge is 0.494 e. The zero-order chi connectivity index (χ0) is 23.6. The smallest absolute Gasteiger partial charge is 0.177 e. The monoisotopic (exact) mass is 455 g/mol. The first-order valence-corrected chi connectivity index (χ1v) is 10.8. The van der Waals surface area contributed by atoms with Gasteiger partial charge in [0.1, 0.15) is 5.75 Å². The van der Waals surface area contributed by atoms with Crippen LogP contribution in [0.2, 0.25) is 0 Å². The molecule has 0 bridgehead atoms. The highest BCUT2D eigenvalue weighted by atomic mass is 19.1. The standard InChI is InChI=1S/C21H23FN4O3.C3H7N/c1-23-9-8-16-14(12-27)20(26-17-6-4-5-15(22)21(17)29-3)19(25-16)13-7-10-24-11-18(13)28-2;1-2-4-3-1/h4-7,10-12,23,25-26H,8-9H2,1-3H3;4H,1-3H2. The van der Waals surface area contributed by atoms with Gasteiger partial charge in [0.05, 0.1) is 43.0 Å². The van der Waals surface area contributed by atoms with Gasteiger partial charge >= 0.3 is 0 Å². The Kier molecular flexibility index (Phi) is 8.79. The molecule has 1 fully saturated rings. The van der Waals surface area contributed by atoms with Crippen molar-refractivity contribution in [1.82, 2.24) is 20.6 Å². The van der Waals surface area contributed by atoms with E-state index in [-0.39, 0.29) is 5.75 Å². The van der Waals surface area contributed by atoms with Crippen molar-refractivity contribution < 1.29 is 18.7 Å². The first kappa shape index (κ1) is 24.2. The van der Waals surface area contributed by atoms with Crippen LogP contribution in [0.5, 0.6) is 11.5 Å². The third kappa shape index (κ3) is 5.68. The normalized spacial score (nSPS) is 12.2. The molecule has 33 heavy (non-hydrogen) atoms. The Balaban J connectivity index is 0.000000690.